The number of nitrogens with two attached hydrogens (primary N) is 2. The highest BCUT2D eigenvalue weighted by Crippen LogP contribution is 2.22. The third-order valence-corrected chi connectivity index (χ3v) is 2.91. The van der Waals surface area contributed by atoms with Crippen molar-refractivity contribution < 1.29 is 8.42 Å². The van der Waals surface area contributed by atoms with E-state index in [0.29, 0.717) is 11.4 Å². The lowest BCUT2D eigenvalue weighted by Gasteiger charge is -2.18. The number of nitrogen functional groups attached to an aromatic ring is 1. The van der Waals surface area contributed by atoms with E-state index in [2.05, 4.69) is 0 Å². The molecule has 0 fully saturated rings. The fourth-order valence-electron chi connectivity index (χ4n) is 1.10. The van der Waals surface area contributed by atoms with E-state index >= 15 is 0 Å². The lowest BCUT2D eigenvalue weighted by molar-refractivity contribution is 0.596. The van der Waals surface area contributed by atoms with E-state index in [1.165, 1.54) is 7.05 Å². The SMILES string of the molecule is Cc1ccc(N)cc1N(C)S(N)(=O)=O. The molecule has 0 aliphatic rings. The maximum absolute atomic E-state index is 11.1. The van der Waals surface area contributed by atoms with Crippen molar-refractivity contribution >= 4 is 21.6 Å². The molecule has 5 nitrogen and oxygen atoms in total. The number of nitrogens with zero attached hydrogens (tertiary/aromatic N) is 1. The van der Waals surface area contributed by atoms with Crippen LogP contribution in [0, 0.1) is 6.92 Å². The molecule has 0 spiro atoms. The molecule has 0 heterocycles. The van der Waals surface area contributed by atoms with Crippen molar-refractivity contribution in [3.05, 3.63) is 23.8 Å². The van der Waals surface area contributed by atoms with Crippen LogP contribution in [-0.4, -0.2) is 15.5 Å². The Morgan fingerprint density at radius 3 is 2.43 bits per heavy atom. The Kier molecular flexibility index (Phi) is 2.68. The van der Waals surface area contributed by atoms with Gasteiger partial charge in [0.05, 0.1) is 5.69 Å². The molecule has 4 N–H and O–H groups in total. The summed E-state index contributed by atoms with van der Waals surface area (Å²) >= 11 is 0. The third kappa shape index (κ3) is 2.15. The van der Waals surface area contributed by atoms with Crippen molar-refractivity contribution in [3.8, 4) is 0 Å². The largest absolute Gasteiger partial charge is 0.399 e. The molecule has 0 aromatic heterocycles. The zero-order valence-corrected chi connectivity index (χ0v) is 8.88. The molecule has 0 saturated heterocycles. The van der Waals surface area contributed by atoms with Crippen LogP contribution in [0.2, 0.25) is 0 Å². The lowest BCUT2D eigenvalue weighted by atomic mass is 10.2. The van der Waals surface area contributed by atoms with Crippen molar-refractivity contribution in [1.82, 2.24) is 0 Å². The molecule has 0 bridgehead atoms. The molecule has 1 rings (SSSR count). The Labute approximate surface area is 83.5 Å². The van der Waals surface area contributed by atoms with Gasteiger partial charge in [0.15, 0.2) is 0 Å². The van der Waals surface area contributed by atoms with Crippen LogP contribution in [-0.2, 0) is 10.2 Å². The first-order chi connectivity index (χ1) is 6.32. The fraction of sp³-hybridized carbons (Fsp3) is 0.250. The van der Waals surface area contributed by atoms with Crippen LogP contribution >= 0.6 is 0 Å². The smallest absolute Gasteiger partial charge is 0.298 e. The van der Waals surface area contributed by atoms with Gasteiger partial charge >= 0.3 is 0 Å². The molecule has 0 amide bonds. The van der Waals surface area contributed by atoms with E-state index in [1.54, 1.807) is 25.1 Å². The minimum absolute atomic E-state index is 0.493. The molecule has 0 unspecified atom stereocenters. The number of benzene rings is 1. The van der Waals surface area contributed by atoms with Crippen LogP contribution in [0.5, 0.6) is 0 Å². The summed E-state index contributed by atoms with van der Waals surface area (Å²) in [5, 5.41) is 4.99. The highest BCUT2D eigenvalue weighted by atomic mass is 32.2. The predicted molar refractivity (Wildman–Crippen MR) is 57.1 cm³/mol. The van der Waals surface area contributed by atoms with Gasteiger partial charge in [0.25, 0.3) is 10.2 Å². The Morgan fingerprint density at radius 1 is 1.36 bits per heavy atom. The molecule has 0 radical (unpaired) electrons. The van der Waals surface area contributed by atoms with Gasteiger partial charge < -0.3 is 5.73 Å². The van der Waals surface area contributed by atoms with Gasteiger partial charge in [-0.05, 0) is 24.6 Å². The number of anilines is 2. The van der Waals surface area contributed by atoms with Gasteiger partial charge in [0, 0.05) is 12.7 Å². The van der Waals surface area contributed by atoms with Crippen LogP contribution in [0.3, 0.4) is 0 Å². The highest BCUT2D eigenvalue weighted by molar-refractivity contribution is 7.90. The second-order valence-corrected chi connectivity index (χ2v) is 4.64. The summed E-state index contributed by atoms with van der Waals surface area (Å²) < 4.78 is 23.1. The van der Waals surface area contributed by atoms with Crippen molar-refractivity contribution in [3.63, 3.8) is 0 Å². The molecule has 6 heteroatoms. The van der Waals surface area contributed by atoms with Gasteiger partial charge in [-0.15, -0.1) is 0 Å². The third-order valence-electron chi connectivity index (χ3n) is 1.95. The molecule has 78 valence electrons. The van der Waals surface area contributed by atoms with Crippen LogP contribution in [0.4, 0.5) is 11.4 Å². The number of hydrogen-bond donors (Lipinski definition) is 2. The topological polar surface area (TPSA) is 89.4 Å². The maximum atomic E-state index is 11.1. The molecular formula is C8H13N3O2S. The monoisotopic (exact) mass is 215 g/mol. The van der Waals surface area contributed by atoms with Gasteiger partial charge in [0.2, 0.25) is 0 Å². The first-order valence-electron chi connectivity index (χ1n) is 3.95. The summed E-state index contributed by atoms with van der Waals surface area (Å²) in [6, 6.07) is 5.02. The van der Waals surface area contributed by atoms with E-state index in [4.69, 9.17) is 10.9 Å². The first-order valence-corrected chi connectivity index (χ1v) is 5.45. The second kappa shape index (κ2) is 3.47. The maximum Gasteiger partial charge on any atom is 0.298 e. The summed E-state index contributed by atoms with van der Waals surface area (Å²) in [7, 11) is -2.33. The first kappa shape index (κ1) is 10.8. The number of aryl methyl sites for hydroxylation is 1. The molecule has 0 aliphatic heterocycles. The van der Waals surface area contributed by atoms with Gasteiger partial charge in [0.1, 0.15) is 0 Å². The van der Waals surface area contributed by atoms with Crippen LogP contribution in [0.15, 0.2) is 18.2 Å². The summed E-state index contributed by atoms with van der Waals surface area (Å²) in [5.74, 6) is 0. The van der Waals surface area contributed by atoms with Crippen molar-refractivity contribution in [2.24, 2.45) is 5.14 Å². The van der Waals surface area contributed by atoms with Crippen LogP contribution in [0.25, 0.3) is 0 Å². The molecule has 0 atom stereocenters. The molecule has 0 saturated carbocycles. The van der Waals surface area contributed by atoms with E-state index in [1.807, 2.05) is 0 Å². The Bertz CT molecular complexity index is 442. The second-order valence-electron chi connectivity index (χ2n) is 3.06. The Hall–Kier alpha value is -1.27. The molecule has 1 aromatic rings. The number of hydrogen-bond acceptors (Lipinski definition) is 3. The van der Waals surface area contributed by atoms with E-state index in [-0.39, 0.29) is 0 Å². The molecule has 14 heavy (non-hydrogen) atoms. The van der Waals surface area contributed by atoms with E-state index in [9.17, 15) is 8.42 Å². The highest BCUT2D eigenvalue weighted by Gasteiger charge is 2.14. The molecule has 1 aromatic carbocycles. The van der Waals surface area contributed by atoms with Gasteiger partial charge in [-0.1, -0.05) is 6.07 Å². The molecular weight excluding hydrogens is 202 g/mol. The lowest BCUT2D eigenvalue weighted by Crippen LogP contribution is -2.33. The Morgan fingerprint density at radius 2 is 1.93 bits per heavy atom. The van der Waals surface area contributed by atoms with Gasteiger partial charge in [-0.2, -0.15) is 8.42 Å². The van der Waals surface area contributed by atoms with E-state index < -0.39 is 10.2 Å². The minimum Gasteiger partial charge on any atom is -0.399 e. The average molecular weight is 215 g/mol. The van der Waals surface area contributed by atoms with Crippen molar-refractivity contribution in [1.29, 1.82) is 0 Å². The quantitative estimate of drug-likeness (QED) is 0.691. The summed E-state index contributed by atoms with van der Waals surface area (Å²) in [6.45, 7) is 1.79. The zero-order chi connectivity index (χ0) is 10.9. The minimum atomic E-state index is -3.72. The van der Waals surface area contributed by atoms with Crippen LogP contribution < -0.4 is 15.2 Å². The fourth-order valence-corrected chi connectivity index (χ4v) is 1.57. The summed E-state index contributed by atoms with van der Waals surface area (Å²) in [5.41, 5.74) is 7.34. The normalized spacial score (nSPS) is 11.4. The van der Waals surface area contributed by atoms with Crippen LogP contribution in [0.1, 0.15) is 5.56 Å². The van der Waals surface area contributed by atoms with Crippen molar-refractivity contribution in [2.45, 2.75) is 6.92 Å². The zero-order valence-electron chi connectivity index (χ0n) is 8.06. The van der Waals surface area contributed by atoms with Gasteiger partial charge in [-0.25, -0.2) is 5.14 Å². The standard InChI is InChI=1S/C8H13N3O2S/c1-6-3-4-7(9)5-8(6)11(2)14(10,12)13/h3-5H,9H2,1-2H3,(H2,10,12,13). The number of rotatable bonds is 2. The Balaban J connectivity index is 3.26. The molecule has 0 aliphatic carbocycles. The van der Waals surface area contributed by atoms with Crippen molar-refractivity contribution in [2.75, 3.05) is 17.1 Å². The summed E-state index contributed by atoms with van der Waals surface area (Å²) in [6.07, 6.45) is 0. The predicted octanol–water partition coefficient (Wildman–Crippen LogP) is 0.217. The van der Waals surface area contributed by atoms with Gasteiger partial charge in [-0.3, -0.25) is 4.31 Å². The summed E-state index contributed by atoms with van der Waals surface area (Å²) in [4.78, 5) is 0. The average Bonchev–Trinajstić information content (AvgIpc) is 2.06. The van der Waals surface area contributed by atoms with E-state index in [0.717, 1.165) is 9.87 Å².